The van der Waals surface area contributed by atoms with E-state index in [0.717, 1.165) is 17.1 Å². The highest BCUT2D eigenvalue weighted by molar-refractivity contribution is 7.92. The van der Waals surface area contributed by atoms with Crippen molar-refractivity contribution in [3.63, 3.8) is 0 Å². The number of aryl methyl sites for hydroxylation is 1. The summed E-state index contributed by atoms with van der Waals surface area (Å²) in [7, 11) is -2.51. The van der Waals surface area contributed by atoms with Gasteiger partial charge >= 0.3 is 0 Å². The minimum Gasteiger partial charge on any atom is -0.350 e. The van der Waals surface area contributed by atoms with Crippen molar-refractivity contribution in [1.29, 1.82) is 0 Å². The van der Waals surface area contributed by atoms with Crippen molar-refractivity contribution in [2.45, 2.75) is 30.7 Å². The molecule has 5 nitrogen and oxygen atoms in total. The minimum atomic E-state index is -3.90. The SMILES string of the molecule is C[C@@H](CCc1ccccc1)NC(=O)c1cccc(S(=O)(=O)N(C)c2ccc(F)cc2)c1. The molecule has 0 saturated heterocycles. The van der Waals surface area contributed by atoms with Crippen LogP contribution in [0.5, 0.6) is 0 Å². The molecule has 0 aliphatic carbocycles. The van der Waals surface area contributed by atoms with E-state index in [2.05, 4.69) is 5.32 Å². The summed E-state index contributed by atoms with van der Waals surface area (Å²) in [5.41, 5.74) is 1.78. The second kappa shape index (κ2) is 9.75. The average Bonchev–Trinajstić information content (AvgIpc) is 2.78. The quantitative estimate of drug-likeness (QED) is 0.565. The zero-order chi connectivity index (χ0) is 22.4. The van der Waals surface area contributed by atoms with E-state index in [9.17, 15) is 17.6 Å². The largest absolute Gasteiger partial charge is 0.350 e. The predicted molar refractivity (Wildman–Crippen MR) is 120 cm³/mol. The van der Waals surface area contributed by atoms with Gasteiger partial charge in [-0.25, -0.2) is 12.8 Å². The van der Waals surface area contributed by atoms with Gasteiger partial charge in [-0.15, -0.1) is 0 Å². The van der Waals surface area contributed by atoms with Gasteiger partial charge in [-0.1, -0.05) is 36.4 Å². The third-order valence-electron chi connectivity index (χ3n) is 5.03. The molecule has 1 N–H and O–H groups in total. The van der Waals surface area contributed by atoms with Crippen molar-refractivity contribution in [3.8, 4) is 0 Å². The Morgan fingerprint density at radius 3 is 2.35 bits per heavy atom. The van der Waals surface area contributed by atoms with Crippen LogP contribution < -0.4 is 9.62 Å². The van der Waals surface area contributed by atoms with Crippen LogP contribution in [0, 0.1) is 5.82 Å². The molecule has 0 unspecified atom stereocenters. The van der Waals surface area contributed by atoms with E-state index in [4.69, 9.17) is 0 Å². The van der Waals surface area contributed by atoms with Gasteiger partial charge in [-0.2, -0.15) is 0 Å². The molecule has 1 atom stereocenters. The zero-order valence-electron chi connectivity index (χ0n) is 17.5. The maximum Gasteiger partial charge on any atom is 0.264 e. The molecule has 0 aliphatic heterocycles. The van der Waals surface area contributed by atoms with E-state index >= 15 is 0 Å². The summed E-state index contributed by atoms with van der Waals surface area (Å²) in [5, 5.41) is 2.92. The fourth-order valence-corrected chi connectivity index (χ4v) is 4.39. The lowest BCUT2D eigenvalue weighted by Gasteiger charge is -2.20. The molecule has 162 valence electrons. The summed E-state index contributed by atoms with van der Waals surface area (Å²) in [4.78, 5) is 12.7. The third-order valence-corrected chi connectivity index (χ3v) is 6.81. The average molecular weight is 441 g/mol. The number of rotatable bonds is 8. The lowest BCUT2D eigenvalue weighted by atomic mass is 10.1. The molecule has 0 radical (unpaired) electrons. The number of anilines is 1. The lowest BCUT2D eigenvalue weighted by Crippen LogP contribution is -2.33. The summed E-state index contributed by atoms with van der Waals surface area (Å²) in [6, 6.07) is 21.0. The van der Waals surface area contributed by atoms with E-state index in [1.54, 1.807) is 6.07 Å². The van der Waals surface area contributed by atoms with Crippen LogP contribution in [0.1, 0.15) is 29.3 Å². The number of nitrogens with zero attached hydrogens (tertiary/aromatic N) is 1. The first-order chi connectivity index (χ1) is 14.8. The number of carbonyl (C=O) groups excluding carboxylic acids is 1. The van der Waals surface area contributed by atoms with Gasteiger partial charge in [-0.3, -0.25) is 9.10 Å². The fraction of sp³-hybridized carbons (Fsp3) is 0.208. The Morgan fingerprint density at radius 2 is 1.68 bits per heavy atom. The van der Waals surface area contributed by atoms with Crippen molar-refractivity contribution in [2.24, 2.45) is 0 Å². The molecular formula is C24H25FN2O3S. The topological polar surface area (TPSA) is 66.5 Å². The Kier molecular flexibility index (Phi) is 7.07. The molecule has 3 aromatic carbocycles. The summed E-state index contributed by atoms with van der Waals surface area (Å²) >= 11 is 0. The Morgan fingerprint density at radius 1 is 1.00 bits per heavy atom. The number of amides is 1. The van der Waals surface area contributed by atoms with Gasteiger partial charge in [0.25, 0.3) is 15.9 Å². The van der Waals surface area contributed by atoms with Crippen molar-refractivity contribution in [3.05, 3.63) is 95.8 Å². The highest BCUT2D eigenvalue weighted by atomic mass is 32.2. The van der Waals surface area contributed by atoms with Crippen LogP contribution in [-0.2, 0) is 16.4 Å². The van der Waals surface area contributed by atoms with E-state index in [-0.39, 0.29) is 22.4 Å². The van der Waals surface area contributed by atoms with Gasteiger partial charge in [0.1, 0.15) is 5.82 Å². The van der Waals surface area contributed by atoms with E-state index < -0.39 is 15.8 Å². The van der Waals surface area contributed by atoms with Crippen molar-refractivity contribution in [2.75, 3.05) is 11.4 Å². The number of nitrogens with one attached hydrogen (secondary N) is 1. The Balaban J connectivity index is 1.69. The van der Waals surface area contributed by atoms with E-state index in [1.165, 1.54) is 55.1 Å². The standard InChI is InChI=1S/C24H25FN2O3S/c1-18(11-12-19-7-4-3-5-8-19)26-24(28)20-9-6-10-23(17-20)31(29,30)27(2)22-15-13-21(25)14-16-22/h3-10,13-18H,11-12H2,1-2H3,(H,26,28)/t18-/m0/s1. The number of hydrogen-bond donors (Lipinski definition) is 1. The summed E-state index contributed by atoms with van der Waals surface area (Å²) in [6.45, 7) is 1.92. The molecule has 3 rings (SSSR count). The fourth-order valence-electron chi connectivity index (χ4n) is 3.15. The molecule has 0 bridgehead atoms. The summed E-state index contributed by atoms with van der Waals surface area (Å²) < 4.78 is 40.2. The van der Waals surface area contributed by atoms with Gasteiger partial charge in [-0.05, 0) is 67.8 Å². The third kappa shape index (κ3) is 5.70. The maximum atomic E-state index is 13.2. The van der Waals surface area contributed by atoms with Crippen LogP contribution in [0.4, 0.5) is 10.1 Å². The van der Waals surface area contributed by atoms with Crippen LogP contribution in [0.3, 0.4) is 0 Å². The van der Waals surface area contributed by atoms with Gasteiger partial charge in [0.15, 0.2) is 0 Å². The van der Waals surface area contributed by atoms with Crippen LogP contribution in [0.15, 0.2) is 83.8 Å². The second-order valence-electron chi connectivity index (χ2n) is 7.38. The zero-order valence-corrected chi connectivity index (χ0v) is 18.3. The number of carbonyl (C=O) groups is 1. The van der Waals surface area contributed by atoms with Crippen molar-refractivity contribution >= 4 is 21.6 Å². The molecular weight excluding hydrogens is 415 g/mol. The number of benzene rings is 3. The van der Waals surface area contributed by atoms with Gasteiger partial charge < -0.3 is 5.32 Å². The molecule has 1 amide bonds. The van der Waals surface area contributed by atoms with Gasteiger partial charge in [0, 0.05) is 18.7 Å². The molecule has 0 spiro atoms. The number of hydrogen-bond acceptors (Lipinski definition) is 3. The monoisotopic (exact) mass is 440 g/mol. The number of sulfonamides is 1. The minimum absolute atomic E-state index is 0.0103. The molecule has 3 aromatic rings. The normalized spacial score (nSPS) is 12.2. The Hall–Kier alpha value is -3.19. The predicted octanol–water partition coefficient (Wildman–Crippen LogP) is 4.40. The van der Waals surface area contributed by atoms with E-state index in [0.29, 0.717) is 5.69 Å². The van der Waals surface area contributed by atoms with Crippen LogP contribution in [-0.4, -0.2) is 27.4 Å². The molecule has 31 heavy (non-hydrogen) atoms. The van der Waals surface area contributed by atoms with Crippen LogP contribution in [0.25, 0.3) is 0 Å². The summed E-state index contributed by atoms with van der Waals surface area (Å²) in [6.07, 6.45) is 1.60. The Bertz CT molecular complexity index is 1130. The molecule has 0 fully saturated rings. The second-order valence-corrected chi connectivity index (χ2v) is 9.34. The molecule has 0 saturated carbocycles. The van der Waals surface area contributed by atoms with E-state index in [1.807, 2.05) is 37.3 Å². The van der Waals surface area contributed by atoms with Gasteiger partial charge in [0.05, 0.1) is 10.6 Å². The highest BCUT2D eigenvalue weighted by Crippen LogP contribution is 2.23. The first-order valence-corrected chi connectivity index (χ1v) is 11.4. The Labute approximate surface area is 182 Å². The number of halogens is 1. The first-order valence-electron chi connectivity index (χ1n) is 9.97. The van der Waals surface area contributed by atoms with Crippen LogP contribution in [0.2, 0.25) is 0 Å². The summed E-state index contributed by atoms with van der Waals surface area (Å²) in [5.74, 6) is -0.781. The maximum absolute atomic E-state index is 13.2. The van der Waals surface area contributed by atoms with Gasteiger partial charge in [0.2, 0.25) is 0 Å². The molecule has 0 heterocycles. The molecule has 0 aliphatic rings. The lowest BCUT2D eigenvalue weighted by molar-refractivity contribution is 0.0938. The van der Waals surface area contributed by atoms with Crippen LogP contribution >= 0.6 is 0 Å². The first kappa shape index (κ1) is 22.5. The molecule has 0 aromatic heterocycles. The van der Waals surface area contributed by atoms with Crippen molar-refractivity contribution in [1.82, 2.24) is 5.32 Å². The highest BCUT2D eigenvalue weighted by Gasteiger charge is 2.22. The molecule has 7 heteroatoms. The van der Waals surface area contributed by atoms with Crippen molar-refractivity contribution < 1.29 is 17.6 Å². The smallest absolute Gasteiger partial charge is 0.264 e.